The molecule has 0 aromatic heterocycles. The molecule has 0 aliphatic heterocycles. The number of benzene rings is 1. The van der Waals surface area contributed by atoms with Crippen LogP contribution in [-0.4, -0.2) is 18.0 Å². The van der Waals surface area contributed by atoms with Crippen LogP contribution >= 0.6 is 0 Å². The van der Waals surface area contributed by atoms with Gasteiger partial charge in [-0.15, -0.1) is 0 Å². The second-order valence-electron chi connectivity index (χ2n) is 3.43. The lowest BCUT2D eigenvalue weighted by Crippen LogP contribution is -2.29. The molecule has 1 aromatic rings. The molecule has 1 N–H and O–H groups in total. The van der Waals surface area contributed by atoms with Gasteiger partial charge in [-0.25, -0.2) is 0 Å². The van der Waals surface area contributed by atoms with Gasteiger partial charge in [0.15, 0.2) is 6.10 Å². The van der Waals surface area contributed by atoms with Gasteiger partial charge in [-0.1, -0.05) is 0 Å². The second-order valence-corrected chi connectivity index (χ2v) is 3.43. The number of esters is 1. The highest BCUT2D eigenvalue weighted by atomic mass is 16.5. The van der Waals surface area contributed by atoms with E-state index in [1.54, 1.807) is 24.3 Å². The van der Waals surface area contributed by atoms with Gasteiger partial charge in [0.25, 0.3) is 5.91 Å². The van der Waals surface area contributed by atoms with Crippen molar-refractivity contribution in [2.45, 2.75) is 20.0 Å². The van der Waals surface area contributed by atoms with Crippen LogP contribution in [0.25, 0.3) is 0 Å². The highest BCUT2D eigenvalue weighted by molar-refractivity contribution is 5.94. The quantitative estimate of drug-likeness (QED) is 0.800. The molecular formula is C12H12N2O3. The molecule has 0 radical (unpaired) electrons. The van der Waals surface area contributed by atoms with E-state index >= 15 is 0 Å². The van der Waals surface area contributed by atoms with Crippen LogP contribution in [0.4, 0.5) is 5.69 Å². The highest BCUT2D eigenvalue weighted by Crippen LogP contribution is 2.09. The Kier molecular flexibility index (Phi) is 4.23. The van der Waals surface area contributed by atoms with Crippen molar-refractivity contribution in [3.63, 3.8) is 0 Å². The number of rotatable bonds is 3. The molecule has 0 aliphatic rings. The molecule has 17 heavy (non-hydrogen) atoms. The summed E-state index contributed by atoms with van der Waals surface area (Å²) in [6, 6.07) is 8.37. The van der Waals surface area contributed by atoms with Crippen molar-refractivity contribution in [3.05, 3.63) is 29.8 Å². The van der Waals surface area contributed by atoms with E-state index in [1.807, 2.05) is 6.07 Å². The SMILES string of the molecule is CC(=O)O[C@H](C)C(=O)Nc1ccc(C#N)cc1. The number of anilines is 1. The maximum absolute atomic E-state index is 11.5. The maximum atomic E-state index is 11.5. The van der Waals surface area contributed by atoms with E-state index in [9.17, 15) is 9.59 Å². The van der Waals surface area contributed by atoms with Crippen molar-refractivity contribution in [2.75, 3.05) is 5.32 Å². The number of carbonyl (C=O) groups excluding carboxylic acids is 2. The number of amides is 1. The Morgan fingerprint density at radius 3 is 2.41 bits per heavy atom. The minimum atomic E-state index is -0.844. The van der Waals surface area contributed by atoms with Gasteiger partial charge in [-0.2, -0.15) is 5.26 Å². The Morgan fingerprint density at radius 2 is 1.94 bits per heavy atom. The van der Waals surface area contributed by atoms with Crippen LogP contribution in [0, 0.1) is 11.3 Å². The largest absolute Gasteiger partial charge is 0.453 e. The van der Waals surface area contributed by atoms with E-state index in [1.165, 1.54) is 13.8 Å². The third kappa shape index (κ3) is 3.95. The molecule has 1 rings (SSSR count). The van der Waals surface area contributed by atoms with Crippen molar-refractivity contribution in [1.82, 2.24) is 0 Å². The standard InChI is InChI=1S/C12H12N2O3/c1-8(17-9(2)15)12(16)14-11-5-3-10(7-13)4-6-11/h3-6,8H,1-2H3,(H,14,16)/t8-/m1/s1. The third-order valence-corrected chi connectivity index (χ3v) is 1.99. The predicted molar refractivity (Wildman–Crippen MR) is 61.0 cm³/mol. The van der Waals surface area contributed by atoms with Crippen molar-refractivity contribution < 1.29 is 14.3 Å². The van der Waals surface area contributed by atoms with Gasteiger partial charge in [-0.3, -0.25) is 9.59 Å². The first kappa shape index (κ1) is 12.7. The fourth-order valence-corrected chi connectivity index (χ4v) is 1.17. The fourth-order valence-electron chi connectivity index (χ4n) is 1.17. The molecule has 1 aromatic carbocycles. The highest BCUT2D eigenvalue weighted by Gasteiger charge is 2.15. The molecule has 0 spiro atoms. The van der Waals surface area contributed by atoms with Crippen molar-refractivity contribution in [1.29, 1.82) is 5.26 Å². The van der Waals surface area contributed by atoms with E-state index < -0.39 is 18.0 Å². The van der Waals surface area contributed by atoms with Gasteiger partial charge in [0, 0.05) is 12.6 Å². The Bertz CT molecular complexity index is 460. The molecule has 1 amide bonds. The maximum Gasteiger partial charge on any atom is 0.303 e. The zero-order valence-corrected chi connectivity index (χ0v) is 9.56. The van der Waals surface area contributed by atoms with Crippen molar-refractivity contribution in [2.24, 2.45) is 0 Å². The van der Waals surface area contributed by atoms with Crippen LogP contribution in [0.3, 0.4) is 0 Å². The lowest BCUT2D eigenvalue weighted by molar-refractivity contribution is -0.150. The summed E-state index contributed by atoms with van der Waals surface area (Å²) in [4.78, 5) is 22.2. The average molecular weight is 232 g/mol. The zero-order valence-electron chi connectivity index (χ0n) is 9.56. The van der Waals surface area contributed by atoms with Gasteiger partial charge in [0.2, 0.25) is 0 Å². The number of carbonyl (C=O) groups is 2. The Balaban J connectivity index is 2.61. The summed E-state index contributed by atoms with van der Waals surface area (Å²) in [5.41, 5.74) is 1.06. The summed E-state index contributed by atoms with van der Waals surface area (Å²) >= 11 is 0. The topological polar surface area (TPSA) is 79.2 Å². The van der Waals surface area contributed by atoms with Crippen LogP contribution in [0.5, 0.6) is 0 Å². The fraction of sp³-hybridized carbons (Fsp3) is 0.250. The summed E-state index contributed by atoms with van der Waals surface area (Å²) in [6.07, 6.45) is -0.844. The molecule has 1 atom stereocenters. The Morgan fingerprint density at radius 1 is 1.35 bits per heavy atom. The molecule has 88 valence electrons. The van der Waals surface area contributed by atoms with E-state index in [4.69, 9.17) is 10.00 Å². The first-order valence-electron chi connectivity index (χ1n) is 5.01. The molecule has 0 unspecified atom stereocenters. The molecule has 0 saturated heterocycles. The van der Waals surface area contributed by atoms with Gasteiger partial charge in [-0.05, 0) is 31.2 Å². The molecule has 0 heterocycles. The van der Waals surface area contributed by atoms with Gasteiger partial charge >= 0.3 is 5.97 Å². The molecule has 0 bridgehead atoms. The average Bonchev–Trinajstić information content (AvgIpc) is 2.29. The monoisotopic (exact) mass is 232 g/mol. The van der Waals surface area contributed by atoms with Gasteiger partial charge < -0.3 is 10.1 Å². The molecule has 5 nitrogen and oxygen atoms in total. The molecular weight excluding hydrogens is 220 g/mol. The molecule has 0 aliphatic carbocycles. The second kappa shape index (κ2) is 5.66. The Hall–Kier alpha value is -2.35. The number of nitrogens with zero attached hydrogens (tertiary/aromatic N) is 1. The summed E-state index contributed by atoms with van der Waals surface area (Å²) in [5.74, 6) is -0.919. The third-order valence-electron chi connectivity index (χ3n) is 1.99. The summed E-state index contributed by atoms with van der Waals surface area (Å²) in [5, 5.41) is 11.2. The van der Waals surface area contributed by atoms with E-state index in [-0.39, 0.29) is 0 Å². The van der Waals surface area contributed by atoms with E-state index in [0.717, 1.165) is 0 Å². The number of hydrogen-bond acceptors (Lipinski definition) is 4. The Labute approximate surface area is 99.0 Å². The smallest absolute Gasteiger partial charge is 0.303 e. The van der Waals surface area contributed by atoms with Crippen LogP contribution in [0.2, 0.25) is 0 Å². The zero-order chi connectivity index (χ0) is 12.8. The van der Waals surface area contributed by atoms with Crippen LogP contribution in [0.15, 0.2) is 24.3 Å². The van der Waals surface area contributed by atoms with Crippen LogP contribution in [-0.2, 0) is 14.3 Å². The molecule has 5 heteroatoms. The van der Waals surface area contributed by atoms with Gasteiger partial charge in [0.05, 0.1) is 11.6 Å². The summed E-state index contributed by atoms with van der Waals surface area (Å²) < 4.78 is 4.73. The van der Waals surface area contributed by atoms with E-state index in [0.29, 0.717) is 11.3 Å². The number of ether oxygens (including phenoxy) is 1. The summed E-state index contributed by atoms with van der Waals surface area (Å²) in [6.45, 7) is 2.73. The lowest BCUT2D eigenvalue weighted by atomic mass is 10.2. The number of nitriles is 1. The minimum Gasteiger partial charge on any atom is -0.453 e. The van der Waals surface area contributed by atoms with Crippen LogP contribution < -0.4 is 5.32 Å². The molecule has 0 fully saturated rings. The first-order valence-corrected chi connectivity index (χ1v) is 5.01. The van der Waals surface area contributed by atoms with Crippen molar-refractivity contribution >= 4 is 17.6 Å². The predicted octanol–water partition coefficient (Wildman–Crippen LogP) is 1.45. The number of hydrogen-bond donors (Lipinski definition) is 1. The molecule has 0 saturated carbocycles. The minimum absolute atomic E-state index is 0.412. The normalized spacial score (nSPS) is 11.1. The van der Waals surface area contributed by atoms with Crippen LogP contribution in [0.1, 0.15) is 19.4 Å². The first-order chi connectivity index (χ1) is 8.02. The van der Waals surface area contributed by atoms with E-state index in [2.05, 4.69) is 5.32 Å². The van der Waals surface area contributed by atoms with Gasteiger partial charge in [0.1, 0.15) is 0 Å². The van der Waals surface area contributed by atoms with Crippen molar-refractivity contribution in [3.8, 4) is 6.07 Å². The lowest BCUT2D eigenvalue weighted by Gasteiger charge is -2.11. The summed E-state index contributed by atoms with van der Waals surface area (Å²) in [7, 11) is 0. The number of nitrogens with one attached hydrogen (secondary N) is 1.